The summed E-state index contributed by atoms with van der Waals surface area (Å²) in [5.41, 5.74) is 0. The van der Waals surface area contributed by atoms with E-state index >= 15 is 0 Å². The highest BCUT2D eigenvalue weighted by atomic mass is 16.6. The van der Waals surface area contributed by atoms with Crippen molar-refractivity contribution in [3.05, 3.63) is 0 Å². The van der Waals surface area contributed by atoms with Crippen LogP contribution in [0.2, 0.25) is 0 Å². The van der Waals surface area contributed by atoms with Gasteiger partial charge in [-0.2, -0.15) is 0 Å². The predicted molar refractivity (Wildman–Crippen MR) is 70.7 cm³/mol. The molecule has 0 spiro atoms. The Hall–Kier alpha value is -1.55. The predicted octanol–water partition coefficient (Wildman–Crippen LogP) is -2.88. The van der Waals surface area contributed by atoms with Gasteiger partial charge in [-0.1, -0.05) is 0 Å². The zero-order valence-corrected chi connectivity index (χ0v) is 10.9. The van der Waals surface area contributed by atoms with Crippen molar-refractivity contribution in [2.75, 3.05) is 13.7 Å². The van der Waals surface area contributed by atoms with Crippen molar-refractivity contribution in [2.24, 2.45) is 15.0 Å². The van der Waals surface area contributed by atoms with Gasteiger partial charge in [0.15, 0.2) is 12.4 Å². The van der Waals surface area contributed by atoms with Crippen LogP contribution in [-0.4, -0.2) is 89.1 Å². The number of amidine groups is 1. The number of aliphatic hydroxyl groups is 3. The van der Waals surface area contributed by atoms with E-state index in [1.54, 1.807) is 11.9 Å². The quantitative estimate of drug-likeness (QED) is 0.432. The Morgan fingerprint density at radius 2 is 2.15 bits per heavy atom. The van der Waals surface area contributed by atoms with E-state index in [1.165, 1.54) is 12.7 Å². The molecule has 20 heavy (non-hydrogen) atoms. The fraction of sp³-hybridized carbons (Fsp3) is 0.727. The minimum Gasteiger partial charge on any atom is -0.394 e. The first-order valence-electron chi connectivity index (χ1n) is 6.37. The van der Waals surface area contributed by atoms with Crippen molar-refractivity contribution >= 4 is 18.5 Å². The van der Waals surface area contributed by atoms with Gasteiger partial charge >= 0.3 is 0 Å². The number of hydrogen-bond donors (Lipinski definition) is 4. The second-order valence-electron chi connectivity index (χ2n) is 4.83. The van der Waals surface area contributed by atoms with E-state index in [1.807, 2.05) is 0 Å². The van der Waals surface area contributed by atoms with Gasteiger partial charge in [0.05, 0.1) is 12.9 Å². The summed E-state index contributed by atoms with van der Waals surface area (Å²) in [7, 11) is 1.75. The smallest absolute Gasteiger partial charge is 0.162 e. The molecule has 4 N–H and O–H groups in total. The number of likely N-dealkylation sites (N-methyl/N-ethyl adjacent to an activating group) is 1. The molecule has 0 aromatic rings. The Bertz CT molecular complexity index is 468. The van der Waals surface area contributed by atoms with Crippen LogP contribution in [0.25, 0.3) is 0 Å². The van der Waals surface area contributed by atoms with Gasteiger partial charge in [-0.25, -0.2) is 9.98 Å². The molecule has 0 amide bonds. The first kappa shape index (κ1) is 13.4. The SMILES string of the molecule is CNC1=NC=NC2C1N=CN2C1OC(CO)C(O)C1O. The summed E-state index contributed by atoms with van der Waals surface area (Å²) in [5.74, 6) is 0.676. The summed E-state index contributed by atoms with van der Waals surface area (Å²) in [6.07, 6.45) is -1.30. The second kappa shape index (κ2) is 5.09. The van der Waals surface area contributed by atoms with Gasteiger partial charge in [0.2, 0.25) is 0 Å². The van der Waals surface area contributed by atoms with Crippen LogP contribution >= 0.6 is 0 Å². The van der Waals surface area contributed by atoms with Crippen molar-refractivity contribution in [2.45, 2.75) is 36.7 Å². The van der Waals surface area contributed by atoms with Crippen LogP contribution in [0, 0.1) is 0 Å². The van der Waals surface area contributed by atoms with Gasteiger partial charge in [-0.15, -0.1) is 0 Å². The summed E-state index contributed by atoms with van der Waals surface area (Å²) < 4.78 is 5.49. The molecule has 0 bridgehead atoms. The molecule has 0 aromatic carbocycles. The van der Waals surface area contributed by atoms with E-state index in [4.69, 9.17) is 9.84 Å². The molecule has 3 aliphatic rings. The van der Waals surface area contributed by atoms with Crippen LogP contribution in [0.5, 0.6) is 0 Å². The largest absolute Gasteiger partial charge is 0.394 e. The third-order valence-electron chi connectivity index (χ3n) is 3.71. The Morgan fingerprint density at radius 1 is 1.35 bits per heavy atom. The highest BCUT2D eigenvalue weighted by Gasteiger charge is 2.49. The van der Waals surface area contributed by atoms with E-state index in [0.717, 1.165) is 0 Å². The van der Waals surface area contributed by atoms with Crippen LogP contribution in [0.1, 0.15) is 0 Å². The van der Waals surface area contributed by atoms with Gasteiger partial charge in [0, 0.05) is 7.05 Å². The summed E-state index contributed by atoms with van der Waals surface area (Å²) >= 11 is 0. The standard InChI is InChI=1S/C11H17N5O4/c1-12-9-6-10(14-3-13-9)16(4-15-6)11-8(19)7(18)5(2-17)20-11/h3-8,10-11,17-19H,2H2,1H3,(H,12,13,14). The summed E-state index contributed by atoms with van der Waals surface area (Å²) in [4.78, 5) is 14.3. The van der Waals surface area contributed by atoms with Crippen molar-refractivity contribution in [3.8, 4) is 0 Å². The van der Waals surface area contributed by atoms with Crippen LogP contribution in [0.4, 0.5) is 0 Å². The molecule has 1 fully saturated rings. The fourth-order valence-electron chi connectivity index (χ4n) is 2.62. The Balaban J connectivity index is 1.79. The third-order valence-corrected chi connectivity index (χ3v) is 3.71. The monoisotopic (exact) mass is 283 g/mol. The van der Waals surface area contributed by atoms with Crippen molar-refractivity contribution < 1.29 is 20.1 Å². The van der Waals surface area contributed by atoms with Gasteiger partial charge in [0.25, 0.3) is 0 Å². The molecule has 9 heteroatoms. The van der Waals surface area contributed by atoms with E-state index < -0.39 is 24.5 Å². The molecule has 1 saturated heterocycles. The fourth-order valence-corrected chi connectivity index (χ4v) is 2.62. The molecule has 6 atom stereocenters. The molecule has 3 heterocycles. The molecule has 3 rings (SSSR count). The lowest BCUT2D eigenvalue weighted by atomic mass is 10.1. The van der Waals surface area contributed by atoms with Crippen LogP contribution < -0.4 is 5.32 Å². The normalized spacial score (nSPS) is 42.8. The lowest BCUT2D eigenvalue weighted by Gasteiger charge is -2.32. The zero-order chi connectivity index (χ0) is 14.3. The summed E-state index contributed by atoms with van der Waals surface area (Å²) in [5, 5.41) is 31.9. The number of rotatable bonds is 2. The molecular formula is C11H17N5O4. The maximum Gasteiger partial charge on any atom is 0.162 e. The molecular weight excluding hydrogens is 266 g/mol. The molecule has 0 radical (unpaired) electrons. The molecule has 6 unspecified atom stereocenters. The maximum atomic E-state index is 10.0. The lowest BCUT2D eigenvalue weighted by molar-refractivity contribution is -0.0778. The van der Waals surface area contributed by atoms with Gasteiger partial charge in [-0.05, 0) is 0 Å². The highest BCUT2D eigenvalue weighted by molar-refractivity contribution is 5.97. The number of aliphatic hydroxyl groups excluding tert-OH is 3. The molecule has 3 aliphatic heterocycles. The summed E-state index contributed by atoms with van der Waals surface area (Å²) in [6.45, 7) is -0.361. The lowest BCUT2D eigenvalue weighted by Crippen LogP contribution is -2.51. The molecule has 9 nitrogen and oxygen atoms in total. The molecule has 0 saturated carbocycles. The second-order valence-corrected chi connectivity index (χ2v) is 4.83. The minimum atomic E-state index is -1.14. The van der Waals surface area contributed by atoms with Crippen molar-refractivity contribution in [3.63, 3.8) is 0 Å². The van der Waals surface area contributed by atoms with Gasteiger partial charge < -0.3 is 30.3 Å². The topological polar surface area (TPSA) is 122 Å². The van der Waals surface area contributed by atoms with Crippen LogP contribution in [0.15, 0.2) is 15.0 Å². The number of fused-ring (bicyclic) bond motifs is 1. The molecule has 110 valence electrons. The van der Waals surface area contributed by atoms with Gasteiger partial charge in [-0.3, -0.25) is 4.99 Å². The number of nitrogens with one attached hydrogen (secondary N) is 1. The van der Waals surface area contributed by atoms with E-state index in [0.29, 0.717) is 5.84 Å². The average molecular weight is 283 g/mol. The molecule has 0 aromatic heterocycles. The van der Waals surface area contributed by atoms with E-state index in [-0.39, 0.29) is 18.8 Å². The minimum absolute atomic E-state index is 0.286. The molecule has 0 aliphatic carbocycles. The number of ether oxygens (including phenoxy) is 1. The number of nitrogens with zero attached hydrogens (tertiary/aromatic N) is 4. The Morgan fingerprint density at radius 3 is 2.80 bits per heavy atom. The number of aliphatic imine (C=N–C) groups is 3. The first-order chi connectivity index (χ1) is 9.67. The Labute approximate surface area is 115 Å². The highest BCUT2D eigenvalue weighted by Crippen LogP contribution is 2.29. The number of hydrogen-bond acceptors (Lipinski definition) is 9. The van der Waals surface area contributed by atoms with E-state index in [2.05, 4.69) is 20.3 Å². The maximum absolute atomic E-state index is 10.0. The van der Waals surface area contributed by atoms with Gasteiger partial charge in [0.1, 0.15) is 36.5 Å². The summed E-state index contributed by atoms with van der Waals surface area (Å²) in [6, 6.07) is -0.286. The van der Waals surface area contributed by atoms with Crippen LogP contribution in [0.3, 0.4) is 0 Å². The zero-order valence-electron chi connectivity index (χ0n) is 10.9. The first-order valence-corrected chi connectivity index (χ1v) is 6.37. The van der Waals surface area contributed by atoms with E-state index in [9.17, 15) is 10.2 Å². The van der Waals surface area contributed by atoms with Crippen molar-refractivity contribution in [1.29, 1.82) is 0 Å². The van der Waals surface area contributed by atoms with Crippen LogP contribution in [-0.2, 0) is 4.74 Å². The van der Waals surface area contributed by atoms with Crippen molar-refractivity contribution in [1.82, 2.24) is 10.2 Å². The third kappa shape index (κ3) is 1.90. The average Bonchev–Trinajstić information content (AvgIpc) is 3.01. The Kier molecular flexibility index (Phi) is 3.42.